The second-order valence-electron chi connectivity index (χ2n) is 6.23. The van der Waals surface area contributed by atoms with Gasteiger partial charge in [-0.05, 0) is 19.1 Å². The lowest BCUT2D eigenvalue weighted by Crippen LogP contribution is -2.50. The van der Waals surface area contributed by atoms with Crippen LogP contribution in [-0.2, 0) is 16.0 Å². The molecule has 1 aromatic carbocycles. The Morgan fingerprint density at radius 1 is 1.33 bits per heavy atom. The Labute approximate surface area is 142 Å². The second-order valence-corrected chi connectivity index (χ2v) is 6.23. The predicted molar refractivity (Wildman–Crippen MR) is 91.1 cm³/mol. The van der Waals surface area contributed by atoms with Crippen molar-refractivity contribution in [3.63, 3.8) is 0 Å². The van der Waals surface area contributed by atoms with Crippen molar-refractivity contribution < 1.29 is 14.2 Å². The lowest BCUT2D eigenvalue weighted by atomic mass is 10.1. The van der Waals surface area contributed by atoms with Crippen LogP contribution >= 0.6 is 0 Å². The molecule has 0 saturated carbocycles. The van der Waals surface area contributed by atoms with Crippen molar-refractivity contribution in [1.29, 1.82) is 0 Å². The average molecular weight is 331 g/mol. The quantitative estimate of drug-likeness (QED) is 0.877. The smallest absolute Gasteiger partial charge is 0.137 e. The van der Waals surface area contributed by atoms with Gasteiger partial charge < -0.3 is 19.2 Å². The molecule has 2 heterocycles. The van der Waals surface area contributed by atoms with Crippen molar-refractivity contribution in [2.75, 3.05) is 40.0 Å². The number of aryl methyl sites for hydroxylation is 1. The van der Waals surface area contributed by atoms with E-state index in [-0.39, 0.29) is 0 Å². The largest absolute Gasteiger partial charge is 0.490 e. The number of benzene rings is 1. The molecule has 2 aromatic rings. The van der Waals surface area contributed by atoms with Crippen molar-refractivity contribution in [1.82, 2.24) is 14.9 Å². The number of para-hydroxylation sites is 1. The molecule has 0 radical (unpaired) electrons. The van der Waals surface area contributed by atoms with E-state index in [1.807, 2.05) is 37.3 Å². The number of nitrogens with zero attached hydrogens (tertiary/aromatic N) is 2. The minimum atomic E-state index is -0.490. The zero-order valence-electron chi connectivity index (χ0n) is 14.3. The van der Waals surface area contributed by atoms with Gasteiger partial charge in [0.05, 0.1) is 25.2 Å². The number of hydrogen-bond donors (Lipinski definition) is 1. The first-order chi connectivity index (χ1) is 11.7. The van der Waals surface area contributed by atoms with Crippen LogP contribution in [0.2, 0.25) is 0 Å². The normalized spacial score (nSPS) is 22.2. The third-order valence-corrected chi connectivity index (χ3v) is 4.41. The van der Waals surface area contributed by atoms with E-state index in [0.29, 0.717) is 19.8 Å². The van der Waals surface area contributed by atoms with Gasteiger partial charge in [-0.15, -0.1) is 0 Å². The highest BCUT2D eigenvalue weighted by Crippen LogP contribution is 2.21. The van der Waals surface area contributed by atoms with E-state index in [4.69, 9.17) is 14.2 Å². The number of methoxy groups -OCH3 is 1. The number of hydrogen-bond acceptors (Lipinski definition) is 5. The SMILES string of the molecule is COC1(COc2ccccc2)COCCN(Cc2nc[nH]c2C)C1. The number of nitrogens with one attached hydrogen (secondary N) is 1. The van der Waals surface area contributed by atoms with E-state index < -0.39 is 5.60 Å². The van der Waals surface area contributed by atoms with Gasteiger partial charge in [-0.2, -0.15) is 0 Å². The van der Waals surface area contributed by atoms with Crippen molar-refractivity contribution in [3.8, 4) is 5.75 Å². The maximum Gasteiger partial charge on any atom is 0.137 e. The van der Waals surface area contributed by atoms with Crippen LogP contribution in [0.15, 0.2) is 36.7 Å². The standard InChI is InChI=1S/C18H25N3O3/c1-15-17(20-14-19-15)10-21-8-9-23-12-18(11-21,22-2)13-24-16-6-4-3-5-7-16/h3-7,14H,8-13H2,1-2H3,(H,19,20). The molecule has 0 amide bonds. The summed E-state index contributed by atoms with van der Waals surface area (Å²) < 4.78 is 17.6. The summed E-state index contributed by atoms with van der Waals surface area (Å²) in [5, 5.41) is 0. The molecule has 3 rings (SSSR count). The number of ether oxygens (including phenoxy) is 3. The number of H-pyrrole nitrogens is 1. The van der Waals surface area contributed by atoms with Crippen LogP contribution in [0.25, 0.3) is 0 Å². The number of rotatable bonds is 6. The molecule has 1 aliphatic rings. The summed E-state index contributed by atoms with van der Waals surface area (Å²) in [6, 6.07) is 9.80. The molecular formula is C18H25N3O3. The summed E-state index contributed by atoms with van der Waals surface area (Å²) in [6.07, 6.45) is 1.74. The van der Waals surface area contributed by atoms with Gasteiger partial charge in [0.15, 0.2) is 0 Å². The maximum absolute atomic E-state index is 5.95. The first kappa shape index (κ1) is 17.0. The Hall–Kier alpha value is -1.89. The maximum atomic E-state index is 5.95. The van der Waals surface area contributed by atoms with Crippen molar-refractivity contribution in [2.24, 2.45) is 0 Å². The zero-order chi connectivity index (χ0) is 16.8. The van der Waals surface area contributed by atoms with Crippen molar-refractivity contribution in [3.05, 3.63) is 48.0 Å². The molecule has 1 aromatic heterocycles. The van der Waals surface area contributed by atoms with Crippen LogP contribution in [0.5, 0.6) is 5.75 Å². The van der Waals surface area contributed by atoms with Crippen LogP contribution in [0, 0.1) is 6.92 Å². The minimum Gasteiger partial charge on any atom is -0.490 e. The van der Waals surface area contributed by atoms with E-state index >= 15 is 0 Å². The average Bonchev–Trinajstić information content (AvgIpc) is 2.90. The fourth-order valence-electron chi connectivity index (χ4n) is 2.88. The Bertz CT molecular complexity index is 631. The summed E-state index contributed by atoms with van der Waals surface area (Å²) in [6.45, 7) is 6.05. The summed E-state index contributed by atoms with van der Waals surface area (Å²) in [4.78, 5) is 9.84. The van der Waals surface area contributed by atoms with Crippen LogP contribution in [0.1, 0.15) is 11.4 Å². The minimum absolute atomic E-state index is 0.448. The lowest BCUT2D eigenvalue weighted by Gasteiger charge is -2.33. The van der Waals surface area contributed by atoms with Crippen LogP contribution in [0.4, 0.5) is 0 Å². The molecule has 130 valence electrons. The molecule has 6 nitrogen and oxygen atoms in total. The second kappa shape index (κ2) is 7.79. The fourth-order valence-corrected chi connectivity index (χ4v) is 2.88. The Morgan fingerprint density at radius 2 is 2.17 bits per heavy atom. The van der Waals surface area contributed by atoms with Gasteiger partial charge in [-0.3, -0.25) is 4.90 Å². The summed E-state index contributed by atoms with van der Waals surface area (Å²) in [5.74, 6) is 0.841. The predicted octanol–water partition coefficient (Wildman–Crippen LogP) is 2.01. The Kier molecular flexibility index (Phi) is 5.50. The van der Waals surface area contributed by atoms with Crippen LogP contribution in [-0.4, -0.2) is 60.5 Å². The van der Waals surface area contributed by atoms with E-state index in [1.165, 1.54) is 0 Å². The molecule has 1 saturated heterocycles. The van der Waals surface area contributed by atoms with E-state index in [1.54, 1.807) is 13.4 Å². The zero-order valence-corrected chi connectivity index (χ0v) is 14.3. The van der Waals surface area contributed by atoms with Gasteiger partial charge in [0, 0.05) is 32.4 Å². The molecule has 24 heavy (non-hydrogen) atoms. The summed E-state index contributed by atoms with van der Waals surface area (Å²) >= 11 is 0. The van der Waals surface area contributed by atoms with E-state index in [0.717, 1.165) is 36.8 Å². The lowest BCUT2D eigenvalue weighted by molar-refractivity contribution is -0.0926. The van der Waals surface area contributed by atoms with Gasteiger partial charge in [0.25, 0.3) is 0 Å². The highest BCUT2D eigenvalue weighted by atomic mass is 16.6. The molecule has 0 spiro atoms. The molecule has 6 heteroatoms. The molecule has 1 fully saturated rings. The third kappa shape index (κ3) is 4.14. The van der Waals surface area contributed by atoms with Crippen molar-refractivity contribution >= 4 is 0 Å². The topological polar surface area (TPSA) is 59.6 Å². The Morgan fingerprint density at radius 3 is 2.88 bits per heavy atom. The highest BCUT2D eigenvalue weighted by Gasteiger charge is 2.36. The van der Waals surface area contributed by atoms with Crippen LogP contribution < -0.4 is 4.74 Å². The first-order valence-electron chi connectivity index (χ1n) is 8.23. The monoisotopic (exact) mass is 331 g/mol. The summed E-state index contributed by atoms with van der Waals surface area (Å²) in [7, 11) is 1.72. The molecule has 0 bridgehead atoms. The molecule has 1 atom stereocenters. The number of imidazole rings is 1. The van der Waals surface area contributed by atoms with Gasteiger partial charge in [-0.1, -0.05) is 18.2 Å². The Balaban J connectivity index is 1.67. The molecule has 0 aliphatic carbocycles. The van der Waals surface area contributed by atoms with Gasteiger partial charge in [-0.25, -0.2) is 4.98 Å². The molecular weight excluding hydrogens is 306 g/mol. The van der Waals surface area contributed by atoms with Gasteiger partial charge in [0.1, 0.15) is 18.0 Å². The van der Waals surface area contributed by atoms with Gasteiger partial charge >= 0.3 is 0 Å². The van der Waals surface area contributed by atoms with Gasteiger partial charge in [0.2, 0.25) is 0 Å². The first-order valence-corrected chi connectivity index (χ1v) is 8.23. The number of aromatic nitrogens is 2. The highest BCUT2D eigenvalue weighted by molar-refractivity contribution is 5.21. The number of aromatic amines is 1. The molecule has 1 N–H and O–H groups in total. The van der Waals surface area contributed by atoms with Crippen molar-refractivity contribution in [2.45, 2.75) is 19.1 Å². The van der Waals surface area contributed by atoms with E-state index in [2.05, 4.69) is 14.9 Å². The third-order valence-electron chi connectivity index (χ3n) is 4.41. The molecule has 1 aliphatic heterocycles. The fraction of sp³-hybridized carbons (Fsp3) is 0.500. The van der Waals surface area contributed by atoms with Crippen LogP contribution in [0.3, 0.4) is 0 Å². The van der Waals surface area contributed by atoms with E-state index in [9.17, 15) is 0 Å². The molecule has 1 unspecified atom stereocenters. The summed E-state index contributed by atoms with van der Waals surface area (Å²) in [5.41, 5.74) is 1.67.